The molecule has 4 aliphatic carbocycles. The zero-order valence-corrected chi connectivity index (χ0v) is 25.2. The van der Waals surface area contributed by atoms with E-state index >= 15 is 8.78 Å². The second-order valence-electron chi connectivity index (χ2n) is 13.2. The molecule has 10 atom stereocenters. The van der Waals surface area contributed by atoms with E-state index in [2.05, 4.69) is 0 Å². The fourth-order valence-electron chi connectivity index (χ4n) is 9.40. The van der Waals surface area contributed by atoms with E-state index in [9.17, 15) is 19.5 Å². The van der Waals surface area contributed by atoms with Crippen molar-refractivity contribution in [1.82, 2.24) is 5.06 Å². The summed E-state index contributed by atoms with van der Waals surface area (Å²) in [6.07, 6.45) is 1.60. The van der Waals surface area contributed by atoms with Gasteiger partial charge in [0.25, 0.3) is 0 Å². The average Bonchev–Trinajstić information content (AvgIpc) is 3.72. The van der Waals surface area contributed by atoms with Crippen LogP contribution < -0.4 is 0 Å². The van der Waals surface area contributed by atoms with E-state index in [1.165, 1.54) is 30.0 Å². The number of Topliss-reactive ketones (excluding diaryl/α,β-unsaturated/α-hetero) is 1. The van der Waals surface area contributed by atoms with E-state index in [-0.39, 0.29) is 47.6 Å². The van der Waals surface area contributed by atoms with Crippen LogP contribution in [0.3, 0.4) is 0 Å². The number of hydrogen-bond donors (Lipinski definition) is 1. The maximum Gasteiger partial charge on any atom is 0.319 e. The van der Waals surface area contributed by atoms with Crippen molar-refractivity contribution in [1.29, 1.82) is 0 Å². The van der Waals surface area contributed by atoms with Gasteiger partial charge in [0.05, 0.1) is 25.0 Å². The van der Waals surface area contributed by atoms with Gasteiger partial charge in [0.1, 0.15) is 11.4 Å². The number of carbonyl (C=O) groups excluding carboxylic acids is 3. The predicted molar refractivity (Wildman–Crippen MR) is 153 cm³/mol. The lowest BCUT2D eigenvalue weighted by Gasteiger charge is -2.63. The number of alkyl halides is 2. The molecule has 226 valence electrons. The highest BCUT2D eigenvalue weighted by molar-refractivity contribution is 8.01. The number of rotatable bonds is 6. The number of hydroxylamine groups is 2. The zero-order chi connectivity index (χ0) is 29.7. The van der Waals surface area contributed by atoms with Gasteiger partial charge >= 0.3 is 5.97 Å². The fraction of sp³-hybridized carbons (Fsp3) is 0.645. The Labute approximate surface area is 251 Å². The highest BCUT2D eigenvalue weighted by atomic mass is 32.2. The molecule has 0 aromatic carbocycles. The van der Waals surface area contributed by atoms with Crippen molar-refractivity contribution in [3.8, 4) is 0 Å². The Hall–Kier alpha value is -1.92. The van der Waals surface area contributed by atoms with Gasteiger partial charge in [0, 0.05) is 40.5 Å². The van der Waals surface area contributed by atoms with Gasteiger partial charge in [-0.2, -0.15) is 5.06 Å². The Morgan fingerprint density at radius 2 is 2.07 bits per heavy atom. The standard InChI is InChI=1S/C31H35F2NO6S2/c1-28-7-5-18(35)11-22(28)23(32)12-21-20-10-17-14-34(15-19-4-3-9-41-19)40-31(17,29(20,2)13-25(36)30(21,28)33)26(37)16-42-24-6-8-39-27(24)38/h3-5,7,9,11,17,20-21,23-25,36H,6,8,10,12-16H2,1-2H3/t17-,20-,21-,23-,24?,25-,28-,29-,30-,31-/m0/s1. The number of thiophene rings is 1. The average molecular weight is 620 g/mol. The molecule has 3 heterocycles. The highest BCUT2D eigenvalue weighted by Gasteiger charge is 2.79. The van der Waals surface area contributed by atoms with E-state index in [1.54, 1.807) is 18.3 Å². The molecule has 0 radical (unpaired) electrons. The number of nitrogens with zero attached hydrogens (tertiary/aromatic N) is 1. The van der Waals surface area contributed by atoms with Gasteiger partial charge in [0.2, 0.25) is 0 Å². The van der Waals surface area contributed by atoms with Crippen LogP contribution in [0.15, 0.2) is 41.3 Å². The summed E-state index contributed by atoms with van der Waals surface area (Å²) in [5, 5.41) is 15.1. The minimum absolute atomic E-state index is 0.0220. The molecule has 11 heteroatoms. The summed E-state index contributed by atoms with van der Waals surface area (Å²) >= 11 is 2.84. The van der Waals surface area contributed by atoms with Crippen LogP contribution in [0.4, 0.5) is 8.78 Å². The van der Waals surface area contributed by atoms with Crippen LogP contribution >= 0.6 is 23.1 Å². The summed E-state index contributed by atoms with van der Waals surface area (Å²) < 4.78 is 38.6. The van der Waals surface area contributed by atoms with Gasteiger partial charge < -0.3 is 9.84 Å². The quantitative estimate of drug-likeness (QED) is 0.469. The monoisotopic (exact) mass is 619 g/mol. The number of aliphatic hydroxyl groups is 1. The minimum Gasteiger partial charge on any atom is -0.465 e. The summed E-state index contributed by atoms with van der Waals surface area (Å²) in [7, 11) is 0. The lowest BCUT2D eigenvalue weighted by atomic mass is 9.44. The maximum absolute atomic E-state index is 17.7. The first-order chi connectivity index (χ1) is 19.9. The largest absolute Gasteiger partial charge is 0.465 e. The van der Waals surface area contributed by atoms with E-state index in [0.717, 1.165) is 4.88 Å². The number of allylic oxidation sites excluding steroid dienone is 4. The second kappa shape index (κ2) is 9.79. The summed E-state index contributed by atoms with van der Waals surface area (Å²) in [6, 6.07) is 3.96. The van der Waals surface area contributed by atoms with Crippen LogP contribution in [-0.2, 0) is 30.5 Å². The van der Waals surface area contributed by atoms with Crippen molar-refractivity contribution >= 4 is 40.6 Å². The van der Waals surface area contributed by atoms with E-state index in [0.29, 0.717) is 32.5 Å². The third kappa shape index (κ3) is 3.76. The third-order valence-corrected chi connectivity index (χ3v) is 13.4. The lowest BCUT2D eigenvalue weighted by molar-refractivity contribution is -0.268. The highest BCUT2D eigenvalue weighted by Crippen LogP contribution is 2.72. The number of ether oxygens (including phenoxy) is 1. The summed E-state index contributed by atoms with van der Waals surface area (Å²) in [4.78, 5) is 46.5. The van der Waals surface area contributed by atoms with Gasteiger partial charge in [0.15, 0.2) is 22.8 Å². The Balaban J connectivity index is 1.26. The van der Waals surface area contributed by atoms with Crippen LogP contribution in [0.1, 0.15) is 44.4 Å². The molecule has 0 amide bonds. The molecule has 2 aliphatic heterocycles. The van der Waals surface area contributed by atoms with E-state index < -0.39 is 51.5 Å². The molecule has 7 rings (SSSR count). The Kier molecular flexibility index (Phi) is 6.72. The minimum atomic E-state index is -2.22. The zero-order valence-electron chi connectivity index (χ0n) is 23.6. The second-order valence-corrected chi connectivity index (χ2v) is 15.4. The number of hydrogen-bond acceptors (Lipinski definition) is 9. The normalized spacial score (nSPS) is 46.1. The van der Waals surface area contributed by atoms with Crippen LogP contribution in [0.5, 0.6) is 0 Å². The molecule has 0 bridgehead atoms. The molecule has 1 aromatic rings. The molecule has 7 nitrogen and oxygen atoms in total. The Morgan fingerprint density at radius 1 is 1.26 bits per heavy atom. The molecular formula is C31H35F2NO6S2. The number of fused-ring (bicyclic) bond motifs is 7. The van der Waals surface area contributed by atoms with E-state index in [1.807, 2.05) is 29.5 Å². The first-order valence-electron chi connectivity index (χ1n) is 14.7. The first kappa shape index (κ1) is 28.8. The van der Waals surface area contributed by atoms with Crippen molar-refractivity contribution in [3.05, 3.63) is 46.2 Å². The molecule has 6 aliphatic rings. The number of halogens is 2. The summed E-state index contributed by atoms with van der Waals surface area (Å²) in [5.41, 5.74) is -5.96. The van der Waals surface area contributed by atoms with Crippen LogP contribution in [-0.4, -0.2) is 75.4 Å². The number of ketones is 2. The molecule has 0 spiro atoms. The van der Waals surface area contributed by atoms with Crippen molar-refractivity contribution in [3.63, 3.8) is 0 Å². The van der Waals surface area contributed by atoms with Crippen molar-refractivity contribution in [2.75, 3.05) is 18.9 Å². The van der Waals surface area contributed by atoms with Gasteiger partial charge in [-0.25, -0.2) is 8.78 Å². The van der Waals surface area contributed by atoms with Gasteiger partial charge in [-0.1, -0.05) is 19.1 Å². The number of thioether (sulfide) groups is 1. The fourth-order valence-corrected chi connectivity index (χ4v) is 11.1. The van der Waals surface area contributed by atoms with Crippen LogP contribution in [0.2, 0.25) is 0 Å². The Bertz CT molecular complexity index is 1390. The molecule has 1 N–H and O–H groups in total. The number of cyclic esters (lactones) is 1. The first-order valence-corrected chi connectivity index (χ1v) is 16.6. The number of esters is 1. The van der Waals surface area contributed by atoms with Gasteiger partial charge in [-0.15, -0.1) is 23.1 Å². The van der Waals surface area contributed by atoms with E-state index in [4.69, 9.17) is 9.57 Å². The van der Waals surface area contributed by atoms with Crippen molar-refractivity contribution < 1.29 is 37.8 Å². The SMILES string of the molecule is C[C@]12C=CC(=O)C=C1[C@@H](F)C[C@H]1[C@@H]3C[C@H]4CN(Cc5cccs5)O[C@@]4(C(=O)CSC4CCOC4=O)[C@@]3(C)C[C@H](O)[C@@]12F. The van der Waals surface area contributed by atoms with Crippen LogP contribution in [0, 0.1) is 28.6 Å². The van der Waals surface area contributed by atoms with Crippen molar-refractivity contribution in [2.24, 2.45) is 28.6 Å². The summed E-state index contributed by atoms with van der Waals surface area (Å²) in [6.45, 7) is 4.75. The van der Waals surface area contributed by atoms with Crippen molar-refractivity contribution in [2.45, 2.75) is 74.9 Å². The molecule has 3 saturated carbocycles. The predicted octanol–water partition coefficient (Wildman–Crippen LogP) is 4.40. The molecule has 5 fully saturated rings. The van der Waals surface area contributed by atoms with Gasteiger partial charge in [-0.05, 0) is 61.3 Å². The summed E-state index contributed by atoms with van der Waals surface area (Å²) in [5.74, 6) is -2.49. The molecule has 42 heavy (non-hydrogen) atoms. The van der Waals surface area contributed by atoms with Gasteiger partial charge in [-0.3, -0.25) is 19.2 Å². The smallest absolute Gasteiger partial charge is 0.319 e. The Morgan fingerprint density at radius 3 is 2.79 bits per heavy atom. The topological polar surface area (TPSA) is 93.1 Å². The number of carbonyl (C=O) groups is 3. The van der Waals surface area contributed by atoms with Crippen LogP contribution in [0.25, 0.3) is 0 Å². The molecular weight excluding hydrogens is 584 g/mol. The molecule has 1 aromatic heterocycles. The molecule has 2 saturated heterocycles. The molecule has 1 unspecified atom stereocenters. The lowest BCUT2D eigenvalue weighted by Crippen LogP contribution is -2.70. The third-order valence-electron chi connectivity index (χ3n) is 11.3. The maximum atomic E-state index is 17.7. The number of aliphatic hydroxyl groups excluding tert-OH is 1.